The molecule has 3 heterocycles. The van der Waals surface area contributed by atoms with Crippen LogP contribution in [0.2, 0.25) is 0 Å². The molecule has 0 unspecified atom stereocenters. The van der Waals surface area contributed by atoms with E-state index in [1.807, 2.05) is 6.92 Å². The Morgan fingerprint density at radius 2 is 1.83 bits per heavy atom. The first-order valence-electron chi connectivity index (χ1n) is 9.39. The minimum Gasteiger partial charge on any atom is -0.338 e. The third kappa shape index (κ3) is 4.28. The average Bonchev–Trinajstić information content (AvgIpc) is 3.23. The molecule has 0 N–H and O–H groups in total. The molecule has 0 radical (unpaired) electrons. The van der Waals surface area contributed by atoms with E-state index < -0.39 is 22.1 Å². The van der Waals surface area contributed by atoms with E-state index in [-0.39, 0.29) is 48.0 Å². The Labute approximate surface area is 181 Å². The van der Waals surface area contributed by atoms with Gasteiger partial charge in [0, 0.05) is 38.9 Å². The van der Waals surface area contributed by atoms with Crippen molar-refractivity contribution in [1.82, 2.24) is 28.8 Å². The SMILES string of the molecule is CCn1cc(S(=O)(=O)N2CCN(C(=O)Cn3nc(C(F)F)c(Br)c3C)CC2)c(C)n1. The molecule has 1 saturated heterocycles. The molecule has 13 heteroatoms. The van der Waals surface area contributed by atoms with Gasteiger partial charge in [0.25, 0.3) is 6.43 Å². The number of alkyl halides is 2. The largest absolute Gasteiger partial charge is 0.338 e. The lowest BCUT2D eigenvalue weighted by molar-refractivity contribution is -0.133. The van der Waals surface area contributed by atoms with E-state index in [0.29, 0.717) is 17.9 Å². The van der Waals surface area contributed by atoms with Gasteiger partial charge in [0.05, 0.1) is 15.9 Å². The lowest BCUT2D eigenvalue weighted by Gasteiger charge is -2.34. The normalized spacial score (nSPS) is 15.9. The summed E-state index contributed by atoms with van der Waals surface area (Å²) >= 11 is 3.08. The predicted molar refractivity (Wildman–Crippen MR) is 108 cm³/mol. The first kappa shape index (κ1) is 22.8. The molecule has 166 valence electrons. The van der Waals surface area contributed by atoms with Crippen LogP contribution in [0.5, 0.6) is 0 Å². The average molecular weight is 509 g/mol. The van der Waals surface area contributed by atoms with Crippen LogP contribution in [-0.2, 0) is 27.9 Å². The van der Waals surface area contributed by atoms with Gasteiger partial charge in [0.1, 0.15) is 17.1 Å². The Balaban J connectivity index is 1.66. The van der Waals surface area contributed by atoms with Crippen molar-refractivity contribution in [3.05, 3.63) is 27.8 Å². The fourth-order valence-corrected chi connectivity index (χ4v) is 5.35. The van der Waals surface area contributed by atoms with Gasteiger partial charge in [-0.3, -0.25) is 14.2 Å². The Kier molecular flexibility index (Phi) is 6.63. The van der Waals surface area contributed by atoms with E-state index in [4.69, 9.17) is 0 Å². The van der Waals surface area contributed by atoms with Gasteiger partial charge in [-0.25, -0.2) is 17.2 Å². The zero-order chi connectivity index (χ0) is 22.2. The van der Waals surface area contributed by atoms with Crippen molar-refractivity contribution in [1.29, 1.82) is 0 Å². The second-order valence-electron chi connectivity index (χ2n) is 6.96. The van der Waals surface area contributed by atoms with Crippen LogP contribution in [0, 0.1) is 13.8 Å². The second-order valence-corrected chi connectivity index (χ2v) is 9.66. The number of carbonyl (C=O) groups is 1. The molecule has 2 aromatic heterocycles. The number of amides is 1. The highest BCUT2D eigenvalue weighted by molar-refractivity contribution is 9.10. The molecule has 1 amide bonds. The van der Waals surface area contributed by atoms with E-state index in [0.717, 1.165) is 0 Å². The summed E-state index contributed by atoms with van der Waals surface area (Å²) in [6.07, 6.45) is -1.23. The summed E-state index contributed by atoms with van der Waals surface area (Å²) in [7, 11) is -3.70. The molecular weight excluding hydrogens is 486 g/mol. The number of aromatic nitrogens is 4. The number of halogens is 3. The summed E-state index contributed by atoms with van der Waals surface area (Å²) < 4.78 is 56.2. The van der Waals surface area contributed by atoms with Gasteiger partial charge in [-0.15, -0.1) is 0 Å². The topological polar surface area (TPSA) is 93.3 Å². The van der Waals surface area contributed by atoms with Crippen molar-refractivity contribution >= 4 is 31.9 Å². The summed E-state index contributed by atoms with van der Waals surface area (Å²) in [5, 5.41) is 8.00. The Morgan fingerprint density at radius 3 is 2.33 bits per heavy atom. The van der Waals surface area contributed by atoms with Crippen molar-refractivity contribution in [2.24, 2.45) is 0 Å². The molecule has 0 saturated carbocycles. The van der Waals surface area contributed by atoms with Crippen LogP contribution in [0.4, 0.5) is 8.78 Å². The number of nitrogens with zero attached hydrogens (tertiary/aromatic N) is 6. The predicted octanol–water partition coefficient (Wildman–Crippen LogP) is 1.95. The number of piperazine rings is 1. The van der Waals surface area contributed by atoms with Gasteiger partial charge in [0.2, 0.25) is 15.9 Å². The van der Waals surface area contributed by atoms with Crippen molar-refractivity contribution < 1.29 is 22.0 Å². The van der Waals surface area contributed by atoms with Crippen molar-refractivity contribution in [3.8, 4) is 0 Å². The van der Waals surface area contributed by atoms with Crippen LogP contribution in [-0.4, -0.2) is 69.3 Å². The standard InChI is InChI=1S/C17H23BrF2N6O3S/c1-4-24-9-13(11(2)21-24)30(28,29)25-7-5-23(6-8-25)14(27)10-26-12(3)15(18)16(22-26)17(19)20/h9,17H,4-8,10H2,1-3H3. The molecule has 0 aromatic carbocycles. The smallest absolute Gasteiger partial charge is 0.283 e. The number of sulfonamides is 1. The summed E-state index contributed by atoms with van der Waals surface area (Å²) in [5.74, 6) is -0.305. The number of aryl methyl sites for hydroxylation is 2. The monoisotopic (exact) mass is 508 g/mol. The van der Waals surface area contributed by atoms with Crippen LogP contribution >= 0.6 is 15.9 Å². The molecule has 1 aliphatic heterocycles. The molecule has 2 aromatic rings. The highest BCUT2D eigenvalue weighted by Crippen LogP contribution is 2.29. The van der Waals surface area contributed by atoms with Gasteiger partial charge in [-0.1, -0.05) is 0 Å². The first-order valence-corrected chi connectivity index (χ1v) is 11.6. The van der Waals surface area contributed by atoms with Gasteiger partial charge in [-0.05, 0) is 36.7 Å². The van der Waals surface area contributed by atoms with Crippen LogP contribution in [0.25, 0.3) is 0 Å². The van der Waals surface area contributed by atoms with Crippen LogP contribution < -0.4 is 0 Å². The van der Waals surface area contributed by atoms with Crippen molar-refractivity contribution in [3.63, 3.8) is 0 Å². The van der Waals surface area contributed by atoms with Gasteiger partial charge in [-0.2, -0.15) is 14.5 Å². The molecule has 30 heavy (non-hydrogen) atoms. The molecule has 9 nitrogen and oxygen atoms in total. The first-order chi connectivity index (χ1) is 14.1. The highest BCUT2D eigenvalue weighted by Gasteiger charge is 2.32. The summed E-state index contributed by atoms with van der Waals surface area (Å²) in [4.78, 5) is 14.3. The summed E-state index contributed by atoms with van der Waals surface area (Å²) in [5.41, 5.74) is 0.465. The fourth-order valence-electron chi connectivity index (χ4n) is 3.30. The van der Waals surface area contributed by atoms with Gasteiger partial charge >= 0.3 is 0 Å². The molecule has 3 rings (SSSR count). The molecular formula is C17H23BrF2N6O3S. The van der Waals surface area contributed by atoms with Crippen molar-refractivity contribution in [2.75, 3.05) is 26.2 Å². The Bertz CT molecular complexity index is 1040. The molecule has 0 aliphatic carbocycles. The number of hydrogen-bond donors (Lipinski definition) is 0. The third-order valence-electron chi connectivity index (χ3n) is 5.08. The zero-order valence-corrected chi connectivity index (χ0v) is 19.3. The van der Waals surface area contributed by atoms with Crippen LogP contribution in [0.15, 0.2) is 15.6 Å². The van der Waals surface area contributed by atoms with E-state index >= 15 is 0 Å². The van der Waals surface area contributed by atoms with E-state index in [1.54, 1.807) is 18.5 Å². The third-order valence-corrected chi connectivity index (χ3v) is 8.07. The van der Waals surface area contributed by atoms with Crippen molar-refractivity contribution in [2.45, 2.75) is 45.2 Å². The van der Waals surface area contributed by atoms with E-state index in [2.05, 4.69) is 26.1 Å². The second kappa shape index (κ2) is 8.71. The quantitative estimate of drug-likeness (QED) is 0.594. The minimum atomic E-state index is -3.70. The zero-order valence-electron chi connectivity index (χ0n) is 16.8. The molecule has 1 fully saturated rings. The van der Waals surface area contributed by atoms with Gasteiger partial charge in [0.15, 0.2) is 0 Å². The fraction of sp³-hybridized carbons (Fsp3) is 0.588. The minimum absolute atomic E-state index is 0.148. The Hall–Kier alpha value is -1.86. The molecule has 0 atom stereocenters. The maximum atomic E-state index is 13.0. The van der Waals surface area contributed by atoms with Gasteiger partial charge < -0.3 is 4.90 Å². The lowest BCUT2D eigenvalue weighted by atomic mass is 10.3. The summed E-state index contributed by atoms with van der Waals surface area (Å²) in [6, 6.07) is 0. The maximum Gasteiger partial charge on any atom is 0.283 e. The molecule has 0 bridgehead atoms. The summed E-state index contributed by atoms with van der Waals surface area (Å²) in [6.45, 7) is 6.21. The molecule has 0 spiro atoms. The van der Waals surface area contributed by atoms with E-state index in [9.17, 15) is 22.0 Å². The van der Waals surface area contributed by atoms with Crippen LogP contribution in [0.1, 0.15) is 30.4 Å². The molecule has 1 aliphatic rings. The Morgan fingerprint density at radius 1 is 1.20 bits per heavy atom. The van der Waals surface area contributed by atoms with E-state index in [1.165, 1.54) is 20.1 Å². The highest BCUT2D eigenvalue weighted by atomic mass is 79.9. The maximum absolute atomic E-state index is 13.0. The number of rotatable bonds is 6. The van der Waals surface area contributed by atoms with Crippen LogP contribution in [0.3, 0.4) is 0 Å². The number of hydrogen-bond acceptors (Lipinski definition) is 5. The lowest BCUT2D eigenvalue weighted by Crippen LogP contribution is -2.51. The number of carbonyl (C=O) groups excluding carboxylic acids is 1.